The number of hydrogen-bond donors (Lipinski definition) is 0. The van der Waals surface area contributed by atoms with E-state index in [2.05, 4.69) is 90.5 Å². The third kappa shape index (κ3) is 2.90. The van der Waals surface area contributed by atoms with E-state index in [9.17, 15) is 0 Å². The van der Waals surface area contributed by atoms with Gasteiger partial charge in [-0.1, -0.05) is 85.5 Å². The minimum absolute atomic E-state index is 1.25. The van der Waals surface area contributed by atoms with Crippen molar-refractivity contribution in [3.05, 3.63) is 108 Å². The Kier molecular flexibility index (Phi) is 3.98. The molecule has 1 nitrogen and oxygen atoms in total. The first kappa shape index (κ1) is 15.8. The highest BCUT2D eigenvalue weighted by molar-refractivity contribution is 7.02. The Morgan fingerprint density at radius 3 is 1.88 bits per heavy atom. The standard InChI is InChI=1S/C23H21NSi/c1-25(2)17-21(18-10-5-3-6-11-18)22(19-12-7-4-8-13-19)23(25)20-14-9-15-24-16-20/h3-17H,1-2H3. The van der Waals surface area contributed by atoms with Crippen LogP contribution in [0.5, 0.6) is 0 Å². The molecule has 2 heteroatoms. The Bertz CT molecular complexity index is 939. The molecule has 2 heterocycles. The van der Waals surface area contributed by atoms with Crippen LogP contribution in [0.3, 0.4) is 0 Å². The highest BCUT2D eigenvalue weighted by Gasteiger charge is 2.36. The SMILES string of the molecule is C[Si]1(C)C=C(c2ccccc2)C(c2ccccc2)=C1c1cccnc1. The van der Waals surface area contributed by atoms with Gasteiger partial charge in [-0.3, -0.25) is 4.98 Å². The molecule has 1 aromatic heterocycles. The van der Waals surface area contributed by atoms with E-state index < -0.39 is 8.07 Å². The number of hydrogen-bond acceptors (Lipinski definition) is 1. The molecule has 0 radical (unpaired) electrons. The molecule has 0 saturated heterocycles. The number of nitrogens with zero attached hydrogens (tertiary/aromatic N) is 1. The third-order valence-electron chi connectivity index (χ3n) is 4.77. The van der Waals surface area contributed by atoms with Crippen LogP contribution in [0.1, 0.15) is 16.7 Å². The molecular weight excluding hydrogens is 318 g/mol. The van der Waals surface area contributed by atoms with Crippen molar-refractivity contribution in [2.24, 2.45) is 0 Å². The maximum atomic E-state index is 4.39. The Balaban J connectivity index is 2.01. The summed E-state index contributed by atoms with van der Waals surface area (Å²) in [7, 11) is -1.72. The summed E-state index contributed by atoms with van der Waals surface area (Å²) in [4.78, 5) is 4.39. The highest BCUT2D eigenvalue weighted by Crippen LogP contribution is 2.47. The second kappa shape index (κ2) is 6.30. The van der Waals surface area contributed by atoms with E-state index in [0.717, 1.165) is 0 Å². The van der Waals surface area contributed by atoms with E-state index in [1.54, 1.807) is 0 Å². The average Bonchev–Trinajstić information content (AvgIpc) is 2.95. The molecule has 0 fully saturated rings. The molecule has 1 aliphatic rings. The minimum atomic E-state index is -1.72. The number of allylic oxidation sites excluding steroid dienone is 2. The zero-order chi connectivity index (χ0) is 17.3. The van der Waals surface area contributed by atoms with E-state index >= 15 is 0 Å². The quantitative estimate of drug-likeness (QED) is 0.543. The van der Waals surface area contributed by atoms with Crippen molar-refractivity contribution in [2.45, 2.75) is 13.1 Å². The lowest BCUT2D eigenvalue weighted by Gasteiger charge is -2.20. The van der Waals surface area contributed by atoms with Crippen molar-refractivity contribution >= 4 is 24.4 Å². The topological polar surface area (TPSA) is 12.9 Å². The molecular formula is C23H21NSi. The second-order valence-electron chi connectivity index (χ2n) is 7.00. The number of benzene rings is 2. The fourth-order valence-corrected chi connectivity index (χ4v) is 6.73. The van der Waals surface area contributed by atoms with Crippen LogP contribution in [0.2, 0.25) is 13.1 Å². The fraction of sp³-hybridized carbons (Fsp3) is 0.0870. The summed E-state index contributed by atoms with van der Waals surface area (Å²) in [6.07, 6.45) is 3.86. The predicted molar refractivity (Wildman–Crippen MR) is 109 cm³/mol. The molecule has 122 valence electrons. The molecule has 2 aromatic carbocycles. The van der Waals surface area contributed by atoms with E-state index in [1.165, 1.54) is 33.0 Å². The minimum Gasteiger partial charge on any atom is -0.264 e. The summed E-state index contributed by atoms with van der Waals surface area (Å²) < 4.78 is 0. The van der Waals surface area contributed by atoms with Crippen LogP contribution in [0, 0.1) is 0 Å². The summed E-state index contributed by atoms with van der Waals surface area (Å²) in [5.41, 5.74) is 9.10. The van der Waals surface area contributed by atoms with Gasteiger partial charge in [0, 0.05) is 12.4 Å². The Labute approximate surface area is 150 Å². The van der Waals surface area contributed by atoms with Crippen molar-refractivity contribution in [2.75, 3.05) is 0 Å². The molecule has 0 aliphatic carbocycles. The van der Waals surface area contributed by atoms with Gasteiger partial charge in [-0.05, 0) is 39.1 Å². The van der Waals surface area contributed by atoms with Gasteiger partial charge in [-0.2, -0.15) is 0 Å². The zero-order valence-electron chi connectivity index (χ0n) is 14.6. The van der Waals surface area contributed by atoms with Crippen LogP contribution in [0.4, 0.5) is 0 Å². The maximum absolute atomic E-state index is 4.39. The van der Waals surface area contributed by atoms with Crippen LogP contribution < -0.4 is 0 Å². The monoisotopic (exact) mass is 339 g/mol. The normalized spacial score (nSPS) is 16.0. The van der Waals surface area contributed by atoms with Gasteiger partial charge < -0.3 is 0 Å². The molecule has 0 amide bonds. The molecule has 4 rings (SSSR count). The molecule has 0 saturated carbocycles. The van der Waals surface area contributed by atoms with Crippen LogP contribution in [0.15, 0.2) is 90.9 Å². The van der Waals surface area contributed by atoms with Gasteiger partial charge in [0.05, 0.1) is 0 Å². The van der Waals surface area contributed by atoms with Crippen molar-refractivity contribution in [1.82, 2.24) is 4.98 Å². The summed E-state index contributed by atoms with van der Waals surface area (Å²) in [5, 5.41) is 1.48. The summed E-state index contributed by atoms with van der Waals surface area (Å²) in [6.45, 7) is 4.85. The molecule has 25 heavy (non-hydrogen) atoms. The summed E-state index contributed by atoms with van der Waals surface area (Å²) in [5.74, 6) is 0. The van der Waals surface area contributed by atoms with Gasteiger partial charge in [0.25, 0.3) is 0 Å². The van der Waals surface area contributed by atoms with Crippen LogP contribution in [0.25, 0.3) is 16.3 Å². The number of pyridine rings is 1. The lowest BCUT2D eigenvalue weighted by Crippen LogP contribution is -2.23. The van der Waals surface area contributed by atoms with Crippen molar-refractivity contribution in [1.29, 1.82) is 0 Å². The second-order valence-corrected chi connectivity index (χ2v) is 11.2. The van der Waals surface area contributed by atoms with E-state index in [0.29, 0.717) is 0 Å². The van der Waals surface area contributed by atoms with E-state index in [4.69, 9.17) is 0 Å². The summed E-state index contributed by atoms with van der Waals surface area (Å²) >= 11 is 0. The molecule has 3 aromatic rings. The molecule has 0 bridgehead atoms. The lowest BCUT2D eigenvalue weighted by molar-refractivity contribution is 1.31. The highest BCUT2D eigenvalue weighted by atomic mass is 28.3. The van der Waals surface area contributed by atoms with E-state index in [1.807, 2.05) is 18.5 Å². The Morgan fingerprint density at radius 1 is 0.680 bits per heavy atom. The number of aromatic nitrogens is 1. The molecule has 1 aliphatic heterocycles. The van der Waals surface area contributed by atoms with Gasteiger partial charge in [0.2, 0.25) is 0 Å². The molecule has 0 atom stereocenters. The zero-order valence-corrected chi connectivity index (χ0v) is 15.6. The van der Waals surface area contributed by atoms with Gasteiger partial charge in [-0.15, -0.1) is 0 Å². The van der Waals surface area contributed by atoms with E-state index in [-0.39, 0.29) is 0 Å². The maximum Gasteiger partial charge on any atom is 0.106 e. The summed E-state index contributed by atoms with van der Waals surface area (Å²) in [6, 6.07) is 25.8. The van der Waals surface area contributed by atoms with Crippen molar-refractivity contribution < 1.29 is 0 Å². The van der Waals surface area contributed by atoms with Crippen LogP contribution in [-0.4, -0.2) is 13.1 Å². The van der Waals surface area contributed by atoms with Gasteiger partial charge in [0.1, 0.15) is 8.07 Å². The molecule has 0 unspecified atom stereocenters. The van der Waals surface area contributed by atoms with Crippen molar-refractivity contribution in [3.63, 3.8) is 0 Å². The van der Waals surface area contributed by atoms with Crippen LogP contribution in [-0.2, 0) is 0 Å². The Morgan fingerprint density at radius 2 is 1.28 bits per heavy atom. The van der Waals surface area contributed by atoms with Gasteiger partial charge >= 0.3 is 0 Å². The largest absolute Gasteiger partial charge is 0.264 e. The average molecular weight is 340 g/mol. The first-order valence-electron chi connectivity index (χ1n) is 8.66. The van der Waals surface area contributed by atoms with Crippen LogP contribution >= 0.6 is 0 Å². The molecule has 0 N–H and O–H groups in total. The first-order valence-corrected chi connectivity index (χ1v) is 11.7. The predicted octanol–water partition coefficient (Wildman–Crippen LogP) is 5.88. The first-order chi connectivity index (χ1) is 12.2. The smallest absolute Gasteiger partial charge is 0.106 e. The third-order valence-corrected chi connectivity index (χ3v) is 7.60. The fourth-order valence-electron chi connectivity index (χ4n) is 3.74. The Hall–Kier alpha value is -2.71. The number of rotatable bonds is 3. The van der Waals surface area contributed by atoms with Gasteiger partial charge in [-0.25, -0.2) is 0 Å². The van der Waals surface area contributed by atoms with Crippen molar-refractivity contribution in [3.8, 4) is 0 Å². The lowest BCUT2D eigenvalue weighted by atomic mass is 9.92. The molecule has 0 spiro atoms. The van der Waals surface area contributed by atoms with Gasteiger partial charge in [0.15, 0.2) is 0 Å².